The second-order valence-corrected chi connectivity index (χ2v) is 8.15. The standard InChI is InChI=1S/C18H32N2O4/c1-18(2,3)24-17(22)20-10-6-13(7-11-20)15-12-19(4)9-8-14(15)16(21)23-5/h13-15H,6-12H2,1-5H3. The molecule has 2 saturated heterocycles. The fourth-order valence-corrected chi connectivity index (χ4v) is 3.91. The molecule has 2 rings (SSSR count). The van der Waals surface area contributed by atoms with Crippen LogP contribution in [0.15, 0.2) is 0 Å². The third-order valence-electron chi connectivity index (χ3n) is 5.16. The van der Waals surface area contributed by atoms with E-state index in [2.05, 4.69) is 11.9 Å². The maximum atomic E-state index is 12.2. The minimum atomic E-state index is -0.462. The summed E-state index contributed by atoms with van der Waals surface area (Å²) in [5.41, 5.74) is -0.462. The normalized spacial score (nSPS) is 27.0. The van der Waals surface area contributed by atoms with Crippen molar-refractivity contribution in [2.45, 2.75) is 45.6 Å². The Hall–Kier alpha value is -1.30. The van der Waals surface area contributed by atoms with Gasteiger partial charge in [-0.2, -0.15) is 0 Å². The number of piperidine rings is 2. The van der Waals surface area contributed by atoms with Crippen LogP contribution in [0, 0.1) is 17.8 Å². The zero-order valence-electron chi connectivity index (χ0n) is 15.7. The quantitative estimate of drug-likeness (QED) is 0.722. The zero-order chi connectivity index (χ0) is 17.9. The maximum Gasteiger partial charge on any atom is 0.410 e. The summed E-state index contributed by atoms with van der Waals surface area (Å²) in [6.45, 7) is 8.93. The van der Waals surface area contributed by atoms with Crippen molar-refractivity contribution in [1.82, 2.24) is 9.80 Å². The second-order valence-electron chi connectivity index (χ2n) is 8.15. The lowest BCUT2D eigenvalue weighted by atomic mass is 9.73. The number of likely N-dealkylation sites (tertiary alicyclic amines) is 2. The first kappa shape index (κ1) is 19.0. The highest BCUT2D eigenvalue weighted by molar-refractivity contribution is 5.73. The van der Waals surface area contributed by atoms with Gasteiger partial charge in [0.05, 0.1) is 13.0 Å². The monoisotopic (exact) mass is 340 g/mol. The lowest BCUT2D eigenvalue weighted by Crippen LogP contribution is -2.49. The van der Waals surface area contributed by atoms with Crippen LogP contribution in [0.4, 0.5) is 4.79 Å². The molecule has 0 bridgehead atoms. The maximum absolute atomic E-state index is 12.2. The molecule has 0 spiro atoms. The topological polar surface area (TPSA) is 59.1 Å². The molecule has 2 heterocycles. The van der Waals surface area contributed by atoms with E-state index in [0.717, 1.165) is 32.4 Å². The molecule has 0 aromatic heterocycles. The highest BCUT2D eigenvalue weighted by Gasteiger charge is 2.40. The first-order valence-electron chi connectivity index (χ1n) is 8.95. The van der Waals surface area contributed by atoms with Gasteiger partial charge in [-0.25, -0.2) is 4.79 Å². The molecular weight excluding hydrogens is 308 g/mol. The summed E-state index contributed by atoms with van der Waals surface area (Å²) in [7, 11) is 3.58. The van der Waals surface area contributed by atoms with Crippen LogP contribution in [0.5, 0.6) is 0 Å². The summed E-state index contributed by atoms with van der Waals surface area (Å²) in [6, 6.07) is 0. The van der Waals surface area contributed by atoms with Crippen molar-refractivity contribution in [3.05, 3.63) is 0 Å². The van der Waals surface area contributed by atoms with Gasteiger partial charge in [-0.15, -0.1) is 0 Å². The zero-order valence-corrected chi connectivity index (χ0v) is 15.7. The van der Waals surface area contributed by atoms with Crippen LogP contribution in [0.2, 0.25) is 0 Å². The van der Waals surface area contributed by atoms with Crippen LogP contribution < -0.4 is 0 Å². The van der Waals surface area contributed by atoms with Gasteiger partial charge in [0, 0.05) is 19.6 Å². The Morgan fingerprint density at radius 1 is 1.04 bits per heavy atom. The number of hydrogen-bond acceptors (Lipinski definition) is 5. The summed E-state index contributed by atoms with van der Waals surface area (Å²) in [5, 5.41) is 0. The Kier molecular flexibility index (Phi) is 6.12. The van der Waals surface area contributed by atoms with Gasteiger partial charge in [-0.1, -0.05) is 0 Å². The SMILES string of the molecule is COC(=O)C1CCN(C)CC1C1CCN(C(=O)OC(C)(C)C)CC1. The lowest BCUT2D eigenvalue weighted by Gasteiger charge is -2.43. The Morgan fingerprint density at radius 3 is 2.21 bits per heavy atom. The first-order chi connectivity index (χ1) is 11.2. The highest BCUT2D eigenvalue weighted by atomic mass is 16.6. The number of nitrogens with zero attached hydrogens (tertiary/aromatic N) is 2. The number of methoxy groups -OCH3 is 1. The van der Waals surface area contributed by atoms with Crippen LogP contribution in [0.25, 0.3) is 0 Å². The molecule has 2 atom stereocenters. The molecule has 0 aromatic rings. The van der Waals surface area contributed by atoms with E-state index < -0.39 is 5.60 Å². The van der Waals surface area contributed by atoms with E-state index in [1.807, 2.05) is 20.8 Å². The largest absolute Gasteiger partial charge is 0.469 e. The van der Waals surface area contributed by atoms with Crippen molar-refractivity contribution < 1.29 is 19.1 Å². The van der Waals surface area contributed by atoms with E-state index in [0.29, 0.717) is 24.9 Å². The van der Waals surface area contributed by atoms with Gasteiger partial charge in [-0.05, 0) is 65.5 Å². The third kappa shape index (κ3) is 4.85. The molecule has 2 fully saturated rings. The molecule has 6 nitrogen and oxygen atoms in total. The number of hydrogen-bond donors (Lipinski definition) is 0. The molecule has 0 radical (unpaired) electrons. The van der Waals surface area contributed by atoms with Crippen molar-refractivity contribution in [3.63, 3.8) is 0 Å². The number of ether oxygens (including phenoxy) is 2. The molecule has 1 amide bonds. The van der Waals surface area contributed by atoms with Gasteiger partial charge in [0.2, 0.25) is 0 Å². The van der Waals surface area contributed by atoms with E-state index in [1.165, 1.54) is 7.11 Å². The molecule has 0 aliphatic carbocycles. The molecule has 138 valence electrons. The van der Waals surface area contributed by atoms with Crippen molar-refractivity contribution >= 4 is 12.1 Å². The molecular formula is C18H32N2O4. The van der Waals surface area contributed by atoms with Gasteiger partial charge in [-0.3, -0.25) is 4.79 Å². The number of rotatable bonds is 2. The van der Waals surface area contributed by atoms with Crippen LogP contribution in [0.3, 0.4) is 0 Å². The van der Waals surface area contributed by atoms with Crippen molar-refractivity contribution in [3.8, 4) is 0 Å². The summed E-state index contributed by atoms with van der Waals surface area (Å²) in [4.78, 5) is 28.4. The van der Waals surface area contributed by atoms with E-state index in [1.54, 1.807) is 4.90 Å². The number of carbonyl (C=O) groups is 2. The van der Waals surface area contributed by atoms with E-state index in [4.69, 9.17) is 9.47 Å². The van der Waals surface area contributed by atoms with Crippen molar-refractivity contribution in [2.24, 2.45) is 17.8 Å². The number of amides is 1. The second kappa shape index (κ2) is 7.72. The molecule has 0 saturated carbocycles. The molecule has 2 aliphatic heterocycles. The van der Waals surface area contributed by atoms with Crippen LogP contribution in [-0.4, -0.2) is 67.8 Å². The fraction of sp³-hybridized carbons (Fsp3) is 0.889. The van der Waals surface area contributed by atoms with Gasteiger partial charge >= 0.3 is 12.1 Å². The van der Waals surface area contributed by atoms with E-state index in [9.17, 15) is 9.59 Å². The van der Waals surface area contributed by atoms with Crippen molar-refractivity contribution in [2.75, 3.05) is 40.3 Å². The lowest BCUT2D eigenvalue weighted by molar-refractivity contribution is -0.151. The summed E-state index contributed by atoms with van der Waals surface area (Å²) >= 11 is 0. The predicted molar refractivity (Wildman–Crippen MR) is 91.6 cm³/mol. The summed E-state index contributed by atoms with van der Waals surface area (Å²) in [6.07, 6.45) is 2.47. The van der Waals surface area contributed by atoms with E-state index in [-0.39, 0.29) is 18.0 Å². The molecule has 2 aliphatic rings. The predicted octanol–water partition coefficient (Wildman–Crippen LogP) is 2.37. The van der Waals surface area contributed by atoms with E-state index >= 15 is 0 Å². The Bertz CT molecular complexity index is 452. The molecule has 0 N–H and O–H groups in total. The Labute approximate surface area is 145 Å². The van der Waals surface area contributed by atoms with Crippen LogP contribution in [0.1, 0.15) is 40.0 Å². The molecule has 2 unspecified atom stereocenters. The van der Waals surface area contributed by atoms with Crippen LogP contribution >= 0.6 is 0 Å². The molecule has 0 aromatic carbocycles. The van der Waals surface area contributed by atoms with Crippen molar-refractivity contribution in [1.29, 1.82) is 0 Å². The third-order valence-corrected chi connectivity index (χ3v) is 5.16. The Morgan fingerprint density at radius 2 is 1.67 bits per heavy atom. The molecule has 6 heteroatoms. The minimum Gasteiger partial charge on any atom is -0.469 e. The summed E-state index contributed by atoms with van der Waals surface area (Å²) in [5.74, 6) is 0.680. The first-order valence-corrected chi connectivity index (χ1v) is 8.95. The summed E-state index contributed by atoms with van der Waals surface area (Å²) < 4.78 is 10.5. The smallest absolute Gasteiger partial charge is 0.410 e. The van der Waals surface area contributed by atoms with Gasteiger partial charge in [0.25, 0.3) is 0 Å². The van der Waals surface area contributed by atoms with Gasteiger partial charge < -0.3 is 19.3 Å². The fourth-order valence-electron chi connectivity index (χ4n) is 3.91. The van der Waals surface area contributed by atoms with Crippen LogP contribution in [-0.2, 0) is 14.3 Å². The van der Waals surface area contributed by atoms with Gasteiger partial charge in [0.15, 0.2) is 0 Å². The van der Waals surface area contributed by atoms with Gasteiger partial charge in [0.1, 0.15) is 5.60 Å². The average molecular weight is 340 g/mol. The average Bonchev–Trinajstić information content (AvgIpc) is 2.52. The highest BCUT2D eigenvalue weighted by Crippen LogP contribution is 2.36. The Balaban J connectivity index is 1.94. The molecule has 24 heavy (non-hydrogen) atoms. The number of esters is 1. The number of carbonyl (C=O) groups excluding carboxylic acids is 2. The minimum absolute atomic E-state index is 0.00993.